The Morgan fingerprint density at radius 2 is 1.59 bits per heavy atom. The number of halogens is 6. The maximum absolute atomic E-state index is 13.1. The lowest BCUT2D eigenvalue weighted by atomic mass is 9.97. The van der Waals surface area contributed by atoms with Gasteiger partial charge in [0.2, 0.25) is 5.13 Å². The van der Waals surface area contributed by atoms with Crippen LogP contribution in [0.2, 0.25) is 0 Å². The summed E-state index contributed by atoms with van der Waals surface area (Å²) in [5.74, 6) is -0.200. The van der Waals surface area contributed by atoms with E-state index in [1.165, 1.54) is 17.1 Å². The molecule has 0 unspecified atom stereocenters. The molecule has 0 atom stereocenters. The van der Waals surface area contributed by atoms with Crippen LogP contribution in [0.25, 0.3) is 0 Å². The molecule has 1 saturated heterocycles. The molecule has 5 nitrogen and oxygen atoms in total. The summed E-state index contributed by atoms with van der Waals surface area (Å²) in [5, 5.41) is 3.30. The Hall–Kier alpha value is -3.15. The number of hydrogen-bond acceptors (Lipinski definition) is 5. The summed E-state index contributed by atoms with van der Waals surface area (Å²) in [4.78, 5) is 19.2. The third kappa shape index (κ3) is 7.00. The first-order valence-corrected chi connectivity index (χ1v) is 12.4. The van der Waals surface area contributed by atoms with Crippen molar-refractivity contribution in [3.63, 3.8) is 0 Å². The minimum absolute atomic E-state index is 0.00612. The van der Waals surface area contributed by atoms with Crippen molar-refractivity contribution in [2.24, 2.45) is 5.92 Å². The molecule has 1 aliphatic heterocycles. The van der Waals surface area contributed by atoms with Gasteiger partial charge in [-0.25, -0.2) is 4.98 Å². The van der Waals surface area contributed by atoms with Crippen LogP contribution in [-0.2, 0) is 18.8 Å². The van der Waals surface area contributed by atoms with Gasteiger partial charge in [-0.2, -0.15) is 30.7 Å². The zero-order valence-corrected chi connectivity index (χ0v) is 20.6. The van der Waals surface area contributed by atoms with E-state index < -0.39 is 35.0 Å². The van der Waals surface area contributed by atoms with Crippen molar-refractivity contribution in [3.05, 3.63) is 76.1 Å². The first-order chi connectivity index (χ1) is 17.4. The summed E-state index contributed by atoms with van der Waals surface area (Å²) in [6.07, 6.45) is -8.01. The molecule has 3 aromatic rings. The van der Waals surface area contributed by atoms with Gasteiger partial charge in [-0.3, -0.25) is 4.79 Å². The smallest absolute Gasteiger partial charge is 0.352 e. The number of carbonyl (C=O) groups is 1. The molecule has 0 saturated carbocycles. The average molecular weight is 543 g/mol. The highest BCUT2D eigenvalue weighted by molar-refractivity contribution is 7.09. The highest BCUT2D eigenvalue weighted by Gasteiger charge is 2.37. The van der Waals surface area contributed by atoms with Crippen LogP contribution in [0.1, 0.15) is 51.3 Å². The number of alkyl halides is 6. The molecule has 1 aliphatic rings. The van der Waals surface area contributed by atoms with E-state index in [1.807, 2.05) is 31.2 Å². The van der Waals surface area contributed by atoms with E-state index in [0.717, 1.165) is 16.5 Å². The van der Waals surface area contributed by atoms with Crippen LogP contribution < -0.4 is 10.2 Å². The van der Waals surface area contributed by atoms with Crippen molar-refractivity contribution >= 4 is 22.6 Å². The number of aryl methyl sites for hydroxylation is 1. The van der Waals surface area contributed by atoms with Crippen molar-refractivity contribution in [2.45, 2.75) is 38.5 Å². The number of aromatic nitrogens is 2. The lowest BCUT2D eigenvalue weighted by Gasteiger charge is -2.31. The summed E-state index contributed by atoms with van der Waals surface area (Å²) in [6.45, 7) is 3.48. The van der Waals surface area contributed by atoms with Crippen LogP contribution in [0.5, 0.6) is 0 Å². The summed E-state index contributed by atoms with van der Waals surface area (Å²) in [5.41, 5.74) is -1.41. The van der Waals surface area contributed by atoms with Gasteiger partial charge in [0.25, 0.3) is 5.91 Å². The van der Waals surface area contributed by atoms with Gasteiger partial charge in [-0.1, -0.05) is 29.8 Å². The molecule has 4 rings (SSSR count). The maximum atomic E-state index is 13.1. The molecule has 1 N–H and O–H groups in total. The molecule has 1 aromatic heterocycles. The maximum Gasteiger partial charge on any atom is 0.416 e. The first-order valence-electron chi connectivity index (χ1n) is 11.6. The lowest BCUT2D eigenvalue weighted by molar-refractivity contribution is -0.143. The van der Waals surface area contributed by atoms with Crippen molar-refractivity contribution in [3.8, 4) is 0 Å². The van der Waals surface area contributed by atoms with Gasteiger partial charge in [0.05, 0.1) is 11.1 Å². The molecule has 2 aromatic carbocycles. The van der Waals surface area contributed by atoms with Crippen molar-refractivity contribution < 1.29 is 31.1 Å². The molecule has 198 valence electrons. The second-order valence-electron chi connectivity index (χ2n) is 9.09. The molecule has 12 heteroatoms. The third-order valence-electron chi connectivity index (χ3n) is 6.23. The second kappa shape index (κ2) is 10.7. The third-order valence-corrected chi connectivity index (χ3v) is 7.04. The molecule has 0 aliphatic carbocycles. The Balaban J connectivity index is 1.31. The van der Waals surface area contributed by atoms with E-state index in [4.69, 9.17) is 0 Å². The van der Waals surface area contributed by atoms with Crippen LogP contribution >= 0.6 is 11.5 Å². The van der Waals surface area contributed by atoms with Crippen LogP contribution in [0.15, 0.2) is 42.5 Å². The van der Waals surface area contributed by atoms with E-state index in [0.29, 0.717) is 44.5 Å². The van der Waals surface area contributed by atoms with Gasteiger partial charge in [-0.05, 0) is 49.4 Å². The molecular weight excluding hydrogens is 518 g/mol. The van der Waals surface area contributed by atoms with E-state index >= 15 is 0 Å². The zero-order valence-electron chi connectivity index (χ0n) is 19.8. The molecular formula is C25H24F6N4OS. The number of nitrogens with one attached hydrogen (secondary N) is 1. The summed E-state index contributed by atoms with van der Waals surface area (Å²) in [6, 6.07) is 9.04. The number of hydrogen-bond donors (Lipinski definition) is 1. The Kier molecular flexibility index (Phi) is 7.77. The minimum Gasteiger partial charge on any atom is -0.352 e. The van der Waals surface area contributed by atoms with Crippen LogP contribution in [-0.4, -0.2) is 34.9 Å². The zero-order chi connectivity index (χ0) is 26.8. The van der Waals surface area contributed by atoms with Crippen LogP contribution in [0, 0.1) is 12.8 Å². The molecule has 0 spiro atoms. The summed E-state index contributed by atoms with van der Waals surface area (Å²) in [7, 11) is 0. The van der Waals surface area contributed by atoms with Crippen LogP contribution in [0.3, 0.4) is 0 Å². The van der Waals surface area contributed by atoms with E-state index in [9.17, 15) is 31.1 Å². The largest absolute Gasteiger partial charge is 0.416 e. The SMILES string of the molecule is Cc1ccc(Cc2nsc(N3CCC(CNC(=O)c4cc(C(F)(F)F)cc(C(F)(F)F)c4)CC3)n2)cc1. The topological polar surface area (TPSA) is 58.1 Å². The molecule has 1 fully saturated rings. The Morgan fingerprint density at radius 1 is 1.00 bits per heavy atom. The molecule has 0 radical (unpaired) electrons. The van der Waals surface area contributed by atoms with Gasteiger partial charge < -0.3 is 10.2 Å². The average Bonchev–Trinajstić information content (AvgIpc) is 3.31. The van der Waals surface area contributed by atoms with Crippen LogP contribution in [0.4, 0.5) is 31.5 Å². The number of benzene rings is 2. The fraction of sp³-hybridized carbons (Fsp3) is 0.400. The fourth-order valence-corrected chi connectivity index (χ4v) is 4.82. The molecule has 37 heavy (non-hydrogen) atoms. The lowest BCUT2D eigenvalue weighted by Crippen LogP contribution is -2.38. The summed E-state index contributed by atoms with van der Waals surface area (Å²) >= 11 is 1.31. The number of nitrogens with zero attached hydrogens (tertiary/aromatic N) is 3. The molecule has 1 amide bonds. The quantitative estimate of drug-likeness (QED) is 0.382. The predicted octanol–water partition coefficient (Wildman–Crippen LogP) is 6.12. The summed E-state index contributed by atoms with van der Waals surface area (Å²) < 4.78 is 82.8. The van der Waals surface area contributed by atoms with Gasteiger partial charge in [0.1, 0.15) is 5.82 Å². The first kappa shape index (κ1) is 26.9. The van der Waals surface area contributed by atoms with Gasteiger partial charge >= 0.3 is 12.4 Å². The van der Waals surface area contributed by atoms with E-state index in [-0.39, 0.29) is 18.5 Å². The second-order valence-corrected chi connectivity index (χ2v) is 9.82. The monoisotopic (exact) mass is 542 g/mol. The van der Waals surface area contributed by atoms with Gasteiger partial charge in [-0.15, -0.1) is 0 Å². The number of anilines is 1. The van der Waals surface area contributed by atoms with E-state index in [2.05, 4.69) is 19.6 Å². The normalized spacial score (nSPS) is 15.2. The highest BCUT2D eigenvalue weighted by atomic mass is 32.1. The Bertz CT molecular complexity index is 1200. The van der Waals surface area contributed by atoms with Gasteiger partial charge in [0, 0.05) is 43.2 Å². The number of amides is 1. The van der Waals surface area contributed by atoms with E-state index in [1.54, 1.807) is 0 Å². The Morgan fingerprint density at radius 3 is 2.16 bits per heavy atom. The number of piperidine rings is 1. The van der Waals surface area contributed by atoms with Gasteiger partial charge in [0.15, 0.2) is 0 Å². The van der Waals surface area contributed by atoms with Crippen molar-refractivity contribution in [1.82, 2.24) is 14.7 Å². The predicted molar refractivity (Wildman–Crippen MR) is 128 cm³/mol. The fourth-order valence-electron chi connectivity index (χ4n) is 4.09. The van der Waals surface area contributed by atoms with Crippen molar-refractivity contribution in [2.75, 3.05) is 24.5 Å². The number of carbonyl (C=O) groups excluding carboxylic acids is 1. The highest BCUT2D eigenvalue weighted by Crippen LogP contribution is 2.36. The Labute approximate surface area is 213 Å². The minimum atomic E-state index is -5.01. The number of rotatable bonds is 6. The standard InChI is InChI=1S/C25H24F6N4OS/c1-15-2-4-16(5-3-15)10-21-33-23(37-34-21)35-8-6-17(7-9-35)14-32-22(36)18-11-19(24(26,27)28)13-20(12-18)25(29,30)31/h2-5,11-13,17H,6-10,14H2,1H3,(H,32,36). The van der Waals surface area contributed by atoms with Crippen molar-refractivity contribution in [1.29, 1.82) is 0 Å². The molecule has 0 bridgehead atoms. The molecule has 2 heterocycles.